The molecule has 0 fully saturated rings. The fraction of sp³-hybridized carbons (Fsp3) is 0.118. The van der Waals surface area contributed by atoms with E-state index in [0.29, 0.717) is 28.6 Å². The van der Waals surface area contributed by atoms with Crippen LogP contribution in [-0.2, 0) is 5.75 Å². The van der Waals surface area contributed by atoms with Crippen molar-refractivity contribution in [1.29, 1.82) is 0 Å². The van der Waals surface area contributed by atoms with Crippen LogP contribution in [0.15, 0.2) is 51.4 Å². The second kappa shape index (κ2) is 7.72. The lowest BCUT2D eigenvalue weighted by Crippen LogP contribution is -2.06. The maximum atomic E-state index is 5.81. The molecule has 0 atom stereocenters. The smallest absolute Gasteiger partial charge is 0.277 e. The summed E-state index contributed by atoms with van der Waals surface area (Å²) >= 11 is 2.89. The van der Waals surface area contributed by atoms with Gasteiger partial charge in [-0.05, 0) is 30.5 Å². The highest BCUT2D eigenvalue weighted by Crippen LogP contribution is 2.27. The Morgan fingerprint density at radius 3 is 2.74 bits per heavy atom. The lowest BCUT2D eigenvalue weighted by molar-refractivity contribution is 0.466. The number of aromatic nitrogens is 5. The van der Waals surface area contributed by atoms with Gasteiger partial charge < -0.3 is 15.5 Å². The van der Waals surface area contributed by atoms with Crippen LogP contribution in [0.2, 0.25) is 0 Å². The van der Waals surface area contributed by atoms with Crippen molar-refractivity contribution in [1.82, 2.24) is 25.1 Å². The summed E-state index contributed by atoms with van der Waals surface area (Å²) in [6, 6.07) is 11.8. The Balaban J connectivity index is 1.44. The van der Waals surface area contributed by atoms with Gasteiger partial charge in [0.2, 0.25) is 11.9 Å². The zero-order valence-electron chi connectivity index (χ0n) is 14.3. The topological polar surface area (TPSA) is 116 Å². The van der Waals surface area contributed by atoms with E-state index in [9.17, 15) is 0 Å². The van der Waals surface area contributed by atoms with Crippen LogP contribution in [0.1, 0.15) is 11.4 Å². The van der Waals surface area contributed by atoms with Crippen LogP contribution >= 0.6 is 23.1 Å². The van der Waals surface area contributed by atoms with Gasteiger partial charge in [0.1, 0.15) is 5.82 Å². The number of thioether (sulfide) groups is 1. The first-order valence-electron chi connectivity index (χ1n) is 8.00. The number of benzene rings is 1. The third-order valence-electron chi connectivity index (χ3n) is 3.47. The highest BCUT2D eigenvalue weighted by atomic mass is 32.2. The van der Waals surface area contributed by atoms with Crippen molar-refractivity contribution in [2.24, 2.45) is 0 Å². The van der Waals surface area contributed by atoms with Crippen molar-refractivity contribution in [2.45, 2.75) is 17.9 Å². The Hall–Kier alpha value is -2.98. The van der Waals surface area contributed by atoms with Gasteiger partial charge in [0, 0.05) is 5.69 Å². The number of thiophene rings is 1. The van der Waals surface area contributed by atoms with Crippen LogP contribution in [0, 0.1) is 6.92 Å². The Morgan fingerprint density at radius 1 is 1.11 bits per heavy atom. The molecule has 8 nitrogen and oxygen atoms in total. The lowest BCUT2D eigenvalue weighted by atomic mass is 10.2. The number of nitrogens with zero attached hydrogens (tertiary/aromatic N) is 5. The molecule has 0 unspecified atom stereocenters. The molecule has 3 heterocycles. The predicted molar refractivity (Wildman–Crippen MR) is 106 cm³/mol. The molecular formula is C17H15N7OS2. The molecule has 4 rings (SSSR count). The summed E-state index contributed by atoms with van der Waals surface area (Å²) in [5.74, 6) is 2.01. The summed E-state index contributed by atoms with van der Waals surface area (Å²) in [6.07, 6.45) is 0. The molecule has 0 saturated carbocycles. The van der Waals surface area contributed by atoms with Crippen molar-refractivity contribution < 1.29 is 4.42 Å². The molecule has 0 radical (unpaired) electrons. The molecule has 0 aliphatic rings. The van der Waals surface area contributed by atoms with Crippen molar-refractivity contribution in [2.75, 3.05) is 11.1 Å². The first kappa shape index (κ1) is 17.4. The molecule has 0 aliphatic carbocycles. The quantitative estimate of drug-likeness (QED) is 0.467. The fourth-order valence-corrected chi connectivity index (χ4v) is 3.48. The van der Waals surface area contributed by atoms with Gasteiger partial charge in [-0.25, -0.2) is 0 Å². The summed E-state index contributed by atoms with van der Waals surface area (Å²) in [7, 11) is 0. The number of anilines is 3. The SMILES string of the molecule is Cc1ccc(Nc2nc(N)nc(CSc3nnc(-c4cccs4)o3)n2)cc1. The number of aryl methyl sites for hydroxylation is 1. The van der Waals surface area contributed by atoms with E-state index in [4.69, 9.17) is 10.2 Å². The zero-order valence-corrected chi connectivity index (χ0v) is 15.9. The van der Waals surface area contributed by atoms with Crippen LogP contribution < -0.4 is 11.1 Å². The molecule has 136 valence electrons. The van der Waals surface area contributed by atoms with Gasteiger partial charge >= 0.3 is 0 Å². The van der Waals surface area contributed by atoms with Crippen molar-refractivity contribution in [3.8, 4) is 10.8 Å². The average Bonchev–Trinajstić information content (AvgIpc) is 3.33. The Kier molecular flexibility index (Phi) is 4.99. The third-order valence-corrected chi connectivity index (χ3v) is 5.14. The van der Waals surface area contributed by atoms with Gasteiger partial charge in [0.15, 0.2) is 0 Å². The molecule has 10 heteroatoms. The van der Waals surface area contributed by atoms with Crippen LogP contribution in [-0.4, -0.2) is 25.1 Å². The monoisotopic (exact) mass is 397 g/mol. The fourth-order valence-electron chi connectivity index (χ4n) is 2.22. The first-order valence-corrected chi connectivity index (χ1v) is 9.86. The highest BCUT2D eigenvalue weighted by Gasteiger charge is 2.12. The lowest BCUT2D eigenvalue weighted by Gasteiger charge is -2.07. The van der Waals surface area contributed by atoms with Crippen LogP contribution in [0.5, 0.6) is 0 Å². The molecular weight excluding hydrogens is 382 g/mol. The Bertz CT molecular complexity index is 1030. The van der Waals surface area contributed by atoms with E-state index in [1.807, 2.05) is 48.7 Å². The van der Waals surface area contributed by atoms with Crippen LogP contribution in [0.3, 0.4) is 0 Å². The van der Waals surface area contributed by atoms with E-state index < -0.39 is 0 Å². The van der Waals surface area contributed by atoms with Crippen molar-refractivity contribution in [3.05, 3.63) is 53.2 Å². The van der Waals surface area contributed by atoms with E-state index in [0.717, 1.165) is 10.6 Å². The molecule has 0 bridgehead atoms. The maximum Gasteiger partial charge on any atom is 0.277 e. The molecule has 27 heavy (non-hydrogen) atoms. The molecule has 3 N–H and O–H groups in total. The molecule has 4 aromatic rings. The number of hydrogen-bond donors (Lipinski definition) is 2. The highest BCUT2D eigenvalue weighted by molar-refractivity contribution is 7.98. The number of rotatable bonds is 6. The average molecular weight is 397 g/mol. The van der Waals surface area contributed by atoms with Gasteiger partial charge in [-0.3, -0.25) is 0 Å². The molecule has 0 saturated heterocycles. The van der Waals surface area contributed by atoms with E-state index in [-0.39, 0.29) is 5.95 Å². The van der Waals surface area contributed by atoms with Gasteiger partial charge in [-0.2, -0.15) is 15.0 Å². The predicted octanol–water partition coefficient (Wildman–Crippen LogP) is 3.91. The van der Waals surface area contributed by atoms with E-state index >= 15 is 0 Å². The molecule has 0 amide bonds. The number of hydrogen-bond acceptors (Lipinski definition) is 10. The second-order valence-corrected chi connectivity index (χ2v) is 7.44. The van der Waals surface area contributed by atoms with E-state index in [1.54, 1.807) is 11.3 Å². The minimum absolute atomic E-state index is 0.153. The van der Waals surface area contributed by atoms with E-state index in [1.165, 1.54) is 17.3 Å². The summed E-state index contributed by atoms with van der Waals surface area (Å²) in [4.78, 5) is 13.6. The van der Waals surface area contributed by atoms with Gasteiger partial charge in [0.05, 0.1) is 10.6 Å². The molecule has 1 aromatic carbocycles. The van der Waals surface area contributed by atoms with Gasteiger partial charge in [-0.15, -0.1) is 21.5 Å². The largest absolute Gasteiger partial charge is 0.410 e. The van der Waals surface area contributed by atoms with E-state index in [2.05, 4.69) is 30.5 Å². The maximum absolute atomic E-state index is 5.81. The molecule has 0 aliphatic heterocycles. The number of nitrogen functional groups attached to an aromatic ring is 1. The first-order chi connectivity index (χ1) is 13.2. The number of nitrogens with one attached hydrogen (secondary N) is 1. The molecule has 3 aromatic heterocycles. The normalized spacial score (nSPS) is 10.9. The number of nitrogens with two attached hydrogens (primary N) is 1. The van der Waals surface area contributed by atoms with Crippen LogP contribution in [0.25, 0.3) is 10.8 Å². The zero-order chi connectivity index (χ0) is 18.6. The summed E-state index contributed by atoms with van der Waals surface area (Å²) in [5.41, 5.74) is 7.87. The van der Waals surface area contributed by atoms with Gasteiger partial charge in [-0.1, -0.05) is 35.5 Å². The summed E-state index contributed by atoms with van der Waals surface area (Å²) in [6.45, 7) is 2.03. The van der Waals surface area contributed by atoms with Crippen molar-refractivity contribution in [3.63, 3.8) is 0 Å². The third kappa shape index (κ3) is 4.41. The minimum atomic E-state index is 0.153. The summed E-state index contributed by atoms with van der Waals surface area (Å²) in [5, 5.41) is 13.6. The minimum Gasteiger partial charge on any atom is -0.410 e. The standard InChI is InChI=1S/C17H15N7OS2/c1-10-4-6-11(7-5-10)19-16-21-13(20-15(18)22-16)9-27-17-24-23-14(25-17)12-3-2-8-26-12/h2-8H,9H2,1H3,(H3,18,19,20,21,22). The van der Waals surface area contributed by atoms with Crippen molar-refractivity contribution >= 4 is 40.7 Å². The van der Waals surface area contributed by atoms with Gasteiger partial charge in [0.25, 0.3) is 11.1 Å². The summed E-state index contributed by atoms with van der Waals surface area (Å²) < 4.78 is 5.65. The van der Waals surface area contributed by atoms with Crippen LogP contribution in [0.4, 0.5) is 17.6 Å². The molecule has 0 spiro atoms. The second-order valence-electron chi connectivity index (χ2n) is 5.56. The Labute approximate surface area is 163 Å². The Morgan fingerprint density at radius 2 is 1.96 bits per heavy atom.